The van der Waals surface area contributed by atoms with Gasteiger partial charge in [-0.15, -0.1) is 0 Å². The third-order valence-corrected chi connectivity index (χ3v) is 0.961. The van der Waals surface area contributed by atoms with Crippen LogP contribution in [-0.2, 0) is 14.3 Å². The van der Waals surface area contributed by atoms with Crippen molar-refractivity contribution < 1.29 is 14.3 Å². The molecule has 0 amide bonds. The lowest BCUT2D eigenvalue weighted by atomic mass is 10.4. The Kier molecular flexibility index (Phi) is 5.66. The quantitative estimate of drug-likeness (QED) is 0.317. The summed E-state index contributed by atoms with van der Waals surface area (Å²) in [7, 11) is 1.34. The van der Waals surface area contributed by atoms with E-state index in [2.05, 4.69) is 10.1 Å². The van der Waals surface area contributed by atoms with Gasteiger partial charge in [-0.05, 0) is 0 Å². The number of rotatable bonds is 5. The highest BCUT2D eigenvalue weighted by Gasteiger charge is 1.96. The lowest BCUT2D eigenvalue weighted by Crippen LogP contribution is -2.20. The van der Waals surface area contributed by atoms with Gasteiger partial charge >= 0.3 is 5.97 Å². The van der Waals surface area contributed by atoms with E-state index in [1.807, 2.05) is 0 Å². The van der Waals surface area contributed by atoms with E-state index in [-0.39, 0.29) is 12.5 Å². The highest BCUT2D eigenvalue weighted by atomic mass is 16.5. The molecule has 0 rings (SSSR count). The Morgan fingerprint density at radius 2 is 2.40 bits per heavy atom. The van der Waals surface area contributed by atoms with Crippen LogP contribution in [0.4, 0.5) is 0 Å². The van der Waals surface area contributed by atoms with Crippen LogP contribution in [0.5, 0.6) is 0 Å². The van der Waals surface area contributed by atoms with Gasteiger partial charge < -0.3 is 14.8 Å². The molecule has 58 valence electrons. The van der Waals surface area contributed by atoms with Crippen molar-refractivity contribution in [3.63, 3.8) is 0 Å². The first-order valence-corrected chi connectivity index (χ1v) is 3.02. The number of carbonyl (C=O) groups excluding carboxylic acids is 2. The molecule has 10 heavy (non-hydrogen) atoms. The maximum atomic E-state index is 10.4. The Morgan fingerprint density at radius 1 is 1.70 bits per heavy atom. The van der Waals surface area contributed by atoms with Crippen molar-refractivity contribution in [2.75, 3.05) is 20.2 Å². The van der Waals surface area contributed by atoms with E-state index in [0.717, 1.165) is 6.29 Å². The first-order valence-electron chi connectivity index (χ1n) is 3.02. The van der Waals surface area contributed by atoms with Crippen LogP contribution in [0, 0.1) is 0 Å². The molecule has 0 aromatic carbocycles. The zero-order chi connectivity index (χ0) is 7.82. The lowest BCUT2D eigenvalue weighted by molar-refractivity contribution is -0.140. The van der Waals surface area contributed by atoms with E-state index in [0.29, 0.717) is 13.0 Å². The number of carbonyl (C=O) groups is 2. The average molecular weight is 145 g/mol. The summed E-state index contributed by atoms with van der Waals surface area (Å²) in [5.41, 5.74) is 0. The van der Waals surface area contributed by atoms with E-state index in [1.54, 1.807) is 0 Å². The first-order chi connectivity index (χ1) is 4.81. The second-order valence-electron chi connectivity index (χ2n) is 1.70. The van der Waals surface area contributed by atoms with Gasteiger partial charge in [-0.3, -0.25) is 4.79 Å². The summed E-state index contributed by atoms with van der Waals surface area (Å²) in [5, 5.41) is 2.73. The number of methoxy groups -OCH3 is 1. The van der Waals surface area contributed by atoms with E-state index < -0.39 is 0 Å². The van der Waals surface area contributed by atoms with Crippen molar-refractivity contribution in [1.82, 2.24) is 5.32 Å². The Balaban J connectivity index is 3.03. The fourth-order valence-electron chi connectivity index (χ4n) is 0.454. The molecule has 0 aliphatic heterocycles. The minimum absolute atomic E-state index is 0.265. The molecule has 4 nitrogen and oxygen atoms in total. The zero-order valence-electron chi connectivity index (χ0n) is 5.92. The standard InChI is InChI=1S/C6H11NO3/c1-10-6(9)2-3-7-4-5-8/h5,7H,2-4H2,1H3. The molecule has 0 bridgehead atoms. The van der Waals surface area contributed by atoms with Crippen LogP contribution in [0.25, 0.3) is 0 Å². The van der Waals surface area contributed by atoms with Crippen LogP contribution < -0.4 is 5.32 Å². The molecule has 1 N–H and O–H groups in total. The molecule has 0 saturated carbocycles. The Hall–Kier alpha value is -0.900. The number of hydrogen-bond donors (Lipinski definition) is 1. The molecule has 0 fully saturated rings. The monoisotopic (exact) mass is 145 g/mol. The van der Waals surface area contributed by atoms with Crippen LogP contribution in [0.2, 0.25) is 0 Å². The molecule has 0 radical (unpaired) electrons. The highest BCUT2D eigenvalue weighted by molar-refractivity contribution is 5.69. The second kappa shape index (κ2) is 6.22. The van der Waals surface area contributed by atoms with Crippen molar-refractivity contribution in [3.05, 3.63) is 0 Å². The van der Waals surface area contributed by atoms with Crippen LogP contribution in [0.15, 0.2) is 0 Å². The summed E-state index contributed by atoms with van der Waals surface area (Å²) >= 11 is 0. The van der Waals surface area contributed by atoms with Gasteiger partial charge in [-0.25, -0.2) is 0 Å². The van der Waals surface area contributed by atoms with Gasteiger partial charge in [0.25, 0.3) is 0 Å². The predicted molar refractivity (Wildman–Crippen MR) is 35.6 cm³/mol. The lowest BCUT2D eigenvalue weighted by Gasteiger charge is -1.97. The van der Waals surface area contributed by atoms with Gasteiger partial charge in [0.2, 0.25) is 0 Å². The van der Waals surface area contributed by atoms with Crippen LogP contribution >= 0.6 is 0 Å². The van der Waals surface area contributed by atoms with Crippen molar-refractivity contribution in [3.8, 4) is 0 Å². The summed E-state index contributed by atoms with van der Waals surface area (Å²) in [5.74, 6) is -0.265. The molecular weight excluding hydrogens is 134 g/mol. The Labute approximate surface area is 59.6 Å². The zero-order valence-corrected chi connectivity index (χ0v) is 5.92. The molecule has 0 aromatic rings. The Morgan fingerprint density at radius 3 is 2.90 bits per heavy atom. The summed E-state index contributed by atoms with van der Waals surface area (Å²) in [6.45, 7) is 0.780. The molecule has 0 aromatic heterocycles. The maximum absolute atomic E-state index is 10.4. The Bertz CT molecular complexity index is 114. The van der Waals surface area contributed by atoms with E-state index in [4.69, 9.17) is 0 Å². The normalized spacial score (nSPS) is 8.90. The van der Waals surface area contributed by atoms with Gasteiger partial charge in [0.05, 0.1) is 20.1 Å². The summed E-state index contributed by atoms with van der Waals surface area (Å²) in [6, 6.07) is 0. The van der Waals surface area contributed by atoms with Crippen molar-refractivity contribution in [1.29, 1.82) is 0 Å². The third-order valence-electron chi connectivity index (χ3n) is 0.961. The maximum Gasteiger partial charge on any atom is 0.306 e. The molecule has 0 aliphatic rings. The fraction of sp³-hybridized carbons (Fsp3) is 0.667. The molecule has 0 saturated heterocycles. The van der Waals surface area contributed by atoms with E-state index in [9.17, 15) is 9.59 Å². The number of nitrogens with one attached hydrogen (secondary N) is 1. The van der Waals surface area contributed by atoms with Crippen LogP contribution in [-0.4, -0.2) is 32.5 Å². The van der Waals surface area contributed by atoms with Gasteiger partial charge in [-0.2, -0.15) is 0 Å². The number of aldehydes is 1. The first kappa shape index (κ1) is 9.10. The third kappa shape index (κ3) is 5.24. The largest absolute Gasteiger partial charge is 0.469 e. The number of hydrogen-bond acceptors (Lipinski definition) is 4. The summed E-state index contributed by atoms with van der Waals surface area (Å²) in [4.78, 5) is 20.2. The van der Waals surface area contributed by atoms with Crippen molar-refractivity contribution >= 4 is 12.3 Å². The van der Waals surface area contributed by atoms with Crippen LogP contribution in [0.3, 0.4) is 0 Å². The van der Waals surface area contributed by atoms with Gasteiger partial charge in [0.15, 0.2) is 0 Å². The summed E-state index contributed by atoms with van der Waals surface area (Å²) in [6.07, 6.45) is 1.06. The molecule has 0 aliphatic carbocycles. The number of ether oxygens (including phenoxy) is 1. The number of esters is 1. The van der Waals surface area contributed by atoms with Gasteiger partial charge in [-0.1, -0.05) is 0 Å². The van der Waals surface area contributed by atoms with Crippen LogP contribution in [0.1, 0.15) is 6.42 Å². The van der Waals surface area contributed by atoms with Crippen molar-refractivity contribution in [2.45, 2.75) is 6.42 Å². The summed E-state index contributed by atoms with van der Waals surface area (Å²) < 4.78 is 4.36. The minimum Gasteiger partial charge on any atom is -0.469 e. The minimum atomic E-state index is -0.265. The average Bonchev–Trinajstić information content (AvgIpc) is 1.98. The van der Waals surface area contributed by atoms with E-state index in [1.165, 1.54) is 7.11 Å². The van der Waals surface area contributed by atoms with E-state index >= 15 is 0 Å². The molecule has 0 spiro atoms. The predicted octanol–water partition coefficient (Wildman–Crippen LogP) is -0.662. The molecule has 0 atom stereocenters. The van der Waals surface area contributed by atoms with Gasteiger partial charge in [0.1, 0.15) is 6.29 Å². The van der Waals surface area contributed by atoms with Gasteiger partial charge in [0, 0.05) is 6.54 Å². The smallest absolute Gasteiger partial charge is 0.306 e. The molecule has 0 unspecified atom stereocenters. The molecule has 4 heteroatoms. The topological polar surface area (TPSA) is 55.4 Å². The SMILES string of the molecule is COC(=O)CCNCC=O. The molecule has 0 heterocycles. The second-order valence-corrected chi connectivity index (χ2v) is 1.70. The fourth-order valence-corrected chi connectivity index (χ4v) is 0.454. The van der Waals surface area contributed by atoms with Crippen molar-refractivity contribution in [2.24, 2.45) is 0 Å². The highest BCUT2D eigenvalue weighted by Crippen LogP contribution is 1.79. The molecular formula is C6H11NO3.